The second kappa shape index (κ2) is 9.56. The highest BCUT2D eigenvalue weighted by atomic mass is 19.3. The molecular weight excluding hydrogens is 500 g/mol. The maximum atomic E-state index is 12.8. The molecule has 4 aromatic rings. The van der Waals surface area contributed by atoms with E-state index < -0.39 is 12.6 Å². The van der Waals surface area contributed by atoms with Crippen LogP contribution < -0.4 is 10.1 Å². The number of fused-ring (bicyclic) bond motifs is 3. The fraction of sp³-hybridized carbons (Fsp3) is 0.360. The van der Waals surface area contributed by atoms with Gasteiger partial charge in [0, 0.05) is 36.4 Å². The van der Waals surface area contributed by atoms with E-state index in [-0.39, 0.29) is 18.2 Å². The lowest BCUT2D eigenvalue weighted by molar-refractivity contribution is -0.0857. The van der Waals surface area contributed by atoms with Crippen molar-refractivity contribution in [2.45, 2.75) is 44.5 Å². The Balaban J connectivity index is 1.25. The first-order chi connectivity index (χ1) is 18.3. The van der Waals surface area contributed by atoms with Crippen LogP contribution in [0.15, 0.2) is 49.1 Å². The minimum Gasteiger partial charge on any atom is -0.488 e. The molecule has 6 rings (SSSR count). The fourth-order valence-corrected chi connectivity index (χ4v) is 5.20. The number of carboxylic acid groups (broad SMARTS) is 1. The van der Waals surface area contributed by atoms with Gasteiger partial charge in [0.2, 0.25) is 0 Å². The lowest BCUT2D eigenvalue weighted by Crippen LogP contribution is -2.60. The topological polar surface area (TPSA) is 119 Å². The number of rotatable bonds is 6. The van der Waals surface area contributed by atoms with Gasteiger partial charge in [-0.3, -0.25) is 9.88 Å². The van der Waals surface area contributed by atoms with Crippen molar-refractivity contribution >= 4 is 23.1 Å². The highest BCUT2D eigenvalue weighted by Crippen LogP contribution is 2.36. The van der Waals surface area contributed by atoms with Crippen LogP contribution in [0.25, 0.3) is 16.6 Å². The van der Waals surface area contributed by atoms with E-state index in [1.54, 1.807) is 16.8 Å². The summed E-state index contributed by atoms with van der Waals surface area (Å²) in [7, 11) is 0. The number of carbonyl (C=O) groups is 1. The second-order valence-corrected chi connectivity index (χ2v) is 9.49. The molecule has 0 unspecified atom stereocenters. The number of nitrogens with one attached hydrogen (secondary N) is 1. The molecule has 2 fully saturated rings. The van der Waals surface area contributed by atoms with Gasteiger partial charge in [0.15, 0.2) is 5.82 Å². The number of pyridine rings is 2. The zero-order valence-corrected chi connectivity index (χ0v) is 20.4. The largest absolute Gasteiger partial charge is 0.488 e. The van der Waals surface area contributed by atoms with E-state index in [4.69, 9.17) is 9.47 Å². The van der Waals surface area contributed by atoms with Crippen molar-refractivity contribution in [3.8, 4) is 16.9 Å². The molecule has 0 spiro atoms. The standard InChI is InChI=1S/C25H25F2N7O4/c1-14-4-21(22(10-28-14)38-20-6-18-12-37-13-19(7-20)34(18)25(35)36)15-2-3-32-17(5-15)8-23(31-32)30-16-9-29-33(11-16)24(26)27/h2-5,8-11,18-20,24H,6-7,12-13H2,1H3,(H,30,31)(H,35,36)/t18-,19+,20-. The minimum absolute atomic E-state index is 0.170. The molecule has 2 saturated heterocycles. The van der Waals surface area contributed by atoms with Crippen LogP contribution in [0.1, 0.15) is 25.1 Å². The highest BCUT2D eigenvalue weighted by molar-refractivity contribution is 5.75. The number of hydrogen-bond acceptors (Lipinski definition) is 7. The zero-order valence-electron chi connectivity index (χ0n) is 20.4. The first-order valence-corrected chi connectivity index (χ1v) is 12.2. The Morgan fingerprint density at radius 2 is 2.00 bits per heavy atom. The van der Waals surface area contributed by atoms with Gasteiger partial charge < -0.3 is 19.9 Å². The third-order valence-electron chi connectivity index (χ3n) is 6.84. The number of amides is 1. The van der Waals surface area contributed by atoms with Crippen LogP contribution in [0, 0.1) is 6.92 Å². The number of aryl methyl sites for hydroxylation is 1. The Hall–Kier alpha value is -4.26. The Morgan fingerprint density at radius 3 is 2.71 bits per heavy atom. The molecule has 1 amide bonds. The van der Waals surface area contributed by atoms with E-state index in [1.165, 1.54) is 17.3 Å². The van der Waals surface area contributed by atoms with Crippen molar-refractivity contribution in [1.82, 2.24) is 29.3 Å². The van der Waals surface area contributed by atoms with Gasteiger partial charge in [0.05, 0.1) is 55.1 Å². The molecule has 0 aliphatic carbocycles. The highest BCUT2D eigenvalue weighted by Gasteiger charge is 2.42. The first-order valence-electron chi connectivity index (χ1n) is 12.2. The molecule has 198 valence electrons. The average molecular weight is 526 g/mol. The summed E-state index contributed by atoms with van der Waals surface area (Å²) < 4.78 is 39.9. The van der Waals surface area contributed by atoms with Crippen LogP contribution in [-0.4, -0.2) is 71.9 Å². The quantitative estimate of drug-likeness (QED) is 0.382. The molecule has 3 atom stereocenters. The summed E-state index contributed by atoms with van der Waals surface area (Å²) in [5.41, 5.74) is 3.76. The molecule has 2 bridgehead atoms. The van der Waals surface area contributed by atoms with Gasteiger partial charge in [-0.25, -0.2) is 14.0 Å². The molecule has 6 heterocycles. The number of aromatic nitrogens is 5. The van der Waals surface area contributed by atoms with Gasteiger partial charge in [-0.2, -0.15) is 19.0 Å². The molecule has 11 nitrogen and oxygen atoms in total. The fourth-order valence-electron chi connectivity index (χ4n) is 5.20. The molecule has 2 aliphatic heterocycles. The number of anilines is 2. The van der Waals surface area contributed by atoms with Gasteiger partial charge >= 0.3 is 12.6 Å². The average Bonchev–Trinajstić information content (AvgIpc) is 3.51. The molecule has 13 heteroatoms. The summed E-state index contributed by atoms with van der Waals surface area (Å²) in [6.07, 6.45) is 6.02. The van der Waals surface area contributed by atoms with Crippen LogP contribution >= 0.6 is 0 Å². The van der Waals surface area contributed by atoms with Crippen molar-refractivity contribution in [1.29, 1.82) is 0 Å². The SMILES string of the molecule is Cc1cc(-c2ccn3nc(Nc4cnn(C(F)F)c4)cc3c2)c(O[C@H]2C[C@H]3COC[C@@H](C2)N3C(=O)O)cn1. The van der Waals surface area contributed by atoms with E-state index >= 15 is 0 Å². The van der Waals surface area contributed by atoms with Crippen molar-refractivity contribution in [2.75, 3.05) is 18.5 Å². The molecule has 2 N–H and O–H groups in total. The maximum Gasteiger partial charge on any atom is 0.407 e. The monoisotopic (exact) mass is 525 g/mol. The van der Waals surface area contributed by atoms with Crippen molar-refractivity contribution in [2.24, 2.45) is 0 Å². The van der Waals surface area contributed by atoms with Crippen LogP contribution in [0.2, 0.25) is 0 Å². The summed E-state index contributed by atoms with van der Waals surface area (Å²) in [4.78, 5) is 17.6. The van der Waals surface area contributed by atoms with Crippen molar-refractivity contribution in [3.63, 3.8) is 0 Å². The van der Waals surface area contributed by atoms with E-state index in [0.717, 1.165) is 22.3 Å². The Labute approximate surface area is 215 Å². The number of ether oxygens (including phenoxy) is 2. The summed E-state index contributed by atoms with van der Waals surface area (Å²) in [5, 5.41) is 20.7. The van der Waals surface area contributed by atoms with Crippen LogP contribution in [0.3, 0.4) is 0 Å². The van der Waals surface area contributed by atoms with Crippen LogP contribution in [0.4, 0.5) is 25.1 Å². The van der Waals surface area contributed by atoms with E-state index in [0.29, 0.717) is 48.0 Å². The molecule has 0 radical (unpaired) electrons. The van der Waals surface area contributed by atoms with Crippen molar-refractivity contribution < 1.29 is 28.2 Å². The zero-order chi connectivity index (χ0) is 26.4. The summed E-state index contributed by atoms with van der Waals surface area (Å²) in [6, 6.07) is 7.14. The molecule has 0 aromatic carbocycles. The number of piperidine rings is 1. The summed E-state index contributed by atoms with van der Waals surface area (Å²) in [6.45, 7) is -0.0937. The normalized spacial score (nSPS) is 21.2. The Kier molecular flexibility index (Phi) is 6.06. The minimum atomic E-state index is -2.72. The van der Waals surface area contributed by atoms with E-state index in [2.05, 4.69) is 20.5 Å². The summed E-state index contributed by atoms with van der Waals surface area (Å²) >= 11 is 0. The third-order valence-corrected chi connectivity index (χ3v) is 6.84. The number of alkyl halides is 2. The lowest BCUT2D eigenvalue weighted by atomic mass is 9.92. The van der Waals surface area contributed by atoms with Gasteiger partial charge in [0.1, 0.15) is 11.9 Å². The van der Waals surface area contributed by atoms with Gasteiger partial charge in [-0.05, 0) is 30.7 Å². The molecule has 2 aliphatic rings. The van der Waals surface area contributed by atoms with Crippen LogP contribution in [0.5, 0.6) is 5.75 Å². The number of halogens is 2. The predicted molar refractivity (Wildman–Crippen MR) is 132 cm³/mol. The maximum absolute atomic E-state index is 12.8. The Bertz CT molecular complexity index is 1480. The van der Waals surface area contributed by atoms with E-state index in [1.807, 2.05) is 31.3 Å². The molecule has 4 aromatic heterocycles. The number of nitrogens with zero attached hydrogens (tertiary/aromatic N) is 6. The smallest absolute Gasteiger partial charge is 0.407 e. The van der Waals surface area contributed by atoms with Gasteiger partial charge in [-0.15, -0.1) is 0 Å². The Morgan fingerprint density at radius 1 is 1.21 bits per heavy atom. The van der Waals surface area contributed by atoms with Gasteiger partial charge in [0.25, 0.3) is 0 Å². The number of morpholine rings is 1. The molecule has 0 saturated carbocycles. The molecular formula is C25H25F2N7O4. The predicted octanol–water partition coefficient (Wildman–Crippen LogP) is 4.33. The van der Waals surface area contributed by atoms with Crippen LogP contribution in [-0.2, 0) is 4.74 Å². The second-order valence-electron chi connectivity index (χ2n) is 9.49. The third kappa shape index (κ3) is 4.60. The first kappa shape index (κ1) is 24.1. The van der Waals surface area contributed by atoms with E-state index in [9.17, 15) is 18.7 Å². The van der Waals surface area contributed by atoms with Crippen molar-refractivity contribution in [3.05, 3.63) is 54.7 Å². The van der Waals surface area contributed by atoms with Gasteiger partial charge in [-0.1, -0.05) is 0 Å². The molecule has 38 heavy (non-hydrogen) atoms. The summed E-state index contributed by atoms with van der Waals surface area (Å²) in [5.74, 6) is 1.10. The lowest BCUT2D eigenvalue weighted by Gasteiger charge is -2.46. The number of hydrogen-bond donors (Lipinski definition) is 2.